The topological polar surface area (TPSA) is 63.1 Å². The molecule has 2 atom stereocenters. The second-order valence-corrected chi connectivity index (χ2v) is 9.72. The molecule has 0 amide bonds. The summed E-state index contributed by atoms with van der Waals surface area (Å²) < 4.78 is 55.2. The lowest BCUT2D eigenvalue weighted by molar-refractivity contribution is -0.182. The highest BCUT2D eigenvalue weighted by Gasteiger charge is 2.59. The number of alkyl halides is 3. The zero-order valence-electron chi connectivity index (χ0n) is 21.0. The molecule has 7 nitrogen and oxygen atoms in total. The SMILES string of the molecule is C=CN(CC1CO1)c1cc(=O)n2c(n1)N(CCc1ccc(OCc3ccccc3)cc1)[C@](C)(C(F)(F)F)C2. The summed E-state index contributed by atoms with van der Waals surface area (Å²) in [5, 5.41) is 0. The molecule has 0 spiro atoms. The van der Waals surface area contributed by atoms with Crippen LogP contribution in [0.4, 0.5) is 24.9 Å². The van der Waals surface area contributed by atoms with Crippen molar-refractivity contribution in [3.63, 3.8) is 0 Å². The van der Waals surface area contributed by atoms with Gasteiger partial charge in [-0.2, -0.15) is 18.2 Å². The van der Waals surface area contributed by atoms with Gasteiger partial charge in [0.1, 0.15) is 18.2 Å². The van der Waals surface area contributed by atoms with Crippen LogP contribution in [0.25, 0.3) is 0 Å². The van der Waals surface area contributed by atoms with Gasteiger partial charge in [0.15, 0.2) is 5.54 Å². The standard InChI is InChI=1S/C28H29F3N4O3/c1-3-33(16-23-18-38-23)24-15-25(36)34-19-27(2,28(29,30)31)35(26(34)32-24)14-13-20-9-11-22(12-10-20)37-17-21-7-5-4-6-8-21/h3-12,15,23H,1,13-14,16-19H2,2H3/t23?,27-/m0/s1. The molecule has 3 heterocycles. The molecule has 1 aromatic heterocycles. The predicted octanol–water partition coefficient (Wildman–Crippen LogP) is 4.55. The molecule has 0 saturated carbocycles. The molecule has 1 saturated heterocycles. The van der Waals surface area contributed by atoms with Crippen LogP contribution < -0.4 is 20.1 Å². The Morgan fingerprint density at radius 2 is 1.89 bits per heavy atom. The second-order valence-electron chi connectivity index (χ2n) is 9.72. The number of anilines is 2. The molecule has 2 aliphatic rings. The van der Waals surface area contributed by atoms with E-state index in [0.717, 1.165) is 22.6 Å². The van der Waals surface area contributed by atoms with Gasteiger partial charge in [0.25, 0.3) is 5.56 Å². The van der Waals surface area contributed by atoms with Gasteiger partial charge in [0, 0.05) is 12.6 Å². The summed E-state index contributed by atoms with van der Waals surface area (Å²) in [6, 6.07) is 18.3. The second kappa shape index (κ2) is 10.2. The van der Waals surface area contributed by atoms with Gasteiger partial charge in [0.05, 0.1) is 25.8 Å². The van der Waals surface area contributed by atoms with Crippen LogP contribution in [0.2, 0.25) is 0 Å². The van der Waals surface area contributed by atoms with Crippen molar-refractivity contribution in [2.75, 3.05) is 29.5 Å². The minimum atomic E-state index is -4.58. The van der Waals surface area contributed by atoms with Crippen LogP contribution in [-0.4, -0.2) is 47.1 Å². The zero-order valence-corrected chi connectivity index (χ0v) is 21.0. The molecular formula is C28H29F3N4O3. The lowest BCUT2D eigenvalue weighted by Gasteiger charge is -2.37. The molecule has 38 heavy (non-hydrogen) atoms. The van der Waals surface area contributed by atoms with E-state index in [1.807, 2.05) is 54.6 Å². The maximum Gasteiger partial charge on any atom is 0.413 e. The summed E-state index contributed by atoms with van der Waals surface area (Å²) in [6.07, 6.45) is -2.76. The summed E-state index contributed by atoms with van der Waals surface area (Å²) in [5.74, 6) is 0.924. The van der Waals surface area contributed by atoms with E-state index in [4.69, 9.17) is 9.47 Å². The van der Waals surface area contributed by atoms with Crippen LogP contribution in [0.1, 0.15) is 18.1 Å². The third-order valence-electron chi connectivity index (χ3n) is 7.00. The molecule has 200 valence electrons. The van der Waals surface area contributed by atoms with Crippen LogP contribution in [-0.2, 0) is 24.3 Å². The third-order valence-corrected chi connectivity index (χ3v) is 7.00. The fraction of sp³-hybridized carbons (Fsp3) is 0.357. The average Bonchev–Trinajstić information content (AvgIpc) is 3.67. The molecule has 0 N–H and O–H groups in total. The van der Waals surface area contributed by atoms with Gasteiger partial charge < -0.3 is 19.3 Å². The number of halogens is 3. The normalized spacial score (nSPS) is 20.2. The molecule has 0 radical (unpaired) electrons. The quantitative estimate of drug-likeness (QED) is 0.361. The summed E-state index contributed by atoms with van der Waals surface area (Å²) in [4.78, 5) is 20.3. The monoisotopic (exact) mass is 526 g/mol. The number of hydrogen-bond donors (Lipinski definition) is 0. The number of nitrogens with zero attached hydrogens (tertiary/aromatic N) is 4. The molecule has 1 unspecified atom stereocenters. The van der Waals surface area contributed by atoms with Crippen molar-refractivity contribution in [1.29, 1.82) is 0 Å². The fourth-order valence-electron chi connectivity index (χ4n) is 4.58. The number of epoxide rings is 1. The van der Waals surface area contributed by atoms with E-state index in [9.17, 15) is 18.0 Å². The molecular weight excluding hydrogens is 497 g/mol. The maximum absolute atomic E-state index is 14.4. The minimum Gasteiger partial charge on any atom is -0.489 e. The van der Waals surface area contributed by atoms with Gasteiger partial charge in [-0.25, -0.2) is 0 Å². The Bertz CT molecular complexity index is 1340. The van der Waals surface area contributed by atoms with Gasteiger partial charge in [0.2, 0.25) is 5.95 Å². The van der Waals surface area contributed by atoms with Crippen molar-refractivity contribution in [3.05, 3.63) is 94.9 Å². The van der Waals surface area contributed by atoms with E-state index in [1.54, 1.807) is 4.90 Å². The van der Waals surface area contributed by atoms with E-state index in [0.29, 0.717) is 31.9 Å². The highest BCUT2D eigenvalue weighted by Crippen LogP contribution is 2.43. The van der Waals surface area contributed by atoms with Crippen LogP contribution in [0, 0.1) is 0 Å². The van der Waals surface area contributed by atoms with Crippen molar-refractivity contribution in [2.24, 2.45) is 0 Å². The number of benzene rings is 2. The smallest absolute Gasteiger partial charge is 0.413 e. The Morgan fingerprint density at radius 1 is 1.18 bits per heavy atom. The fourth-order valence-corrected chi connectivity index (χ4v) is 4.58. The maximum atomic E-state index is 14.4. The largest absolute Gasteiger partial charge is 0.489 e. The zero-order chi connectivity index (χ0) is 26.9. The molecule has 5 rings (SSSR count). The Morgan fingerprint density at radius 3 is 2.53 bits per heavy atom. The van der Waals surface area contributed by atoms with E-state index in [2.05, 4.69) is 11.6 Å². The number of hydrogen-bond acceptors (Lipinski definition) is 6. The summed E-state index contributed by atoms with van der Waals surface area (Å²) in [6.45, 7) is 5.81. The van der Waals surface area contributed by atoms with Crippen molar-refractivity contribution in [3.8, 4) is 5.75 Å². The van der Waals surface area contributed by atoms with E-state index in [1.165, 1.54) is 17.2 Å². The first kappa shape index (κ1) is 25.8. The number of rotatable bonds is 10. The van der Waals surface area contributed by atoms with Crippen LogP contribution in [0.5, 0.6) is 5.75 Å². The highest BCUT2D eigenvalue weighted by molar-refractivity contribution is 5.51. The van der Waals surface area contributed by atoms with Crippen LogP contribution in [0.15, 0.2) is 78.2 Å². The van der Waals surface area contributed by atoms with E-state index in [-0.39, 0.29) is 24.4 Å². The van der Waals surface area contributed by atoms with Crippen molar-refractivity contribution in [2.45, 2.75) is 44.3 Å². The van der Waals surface area contributed by atoms with Gasteiger partial charge in [-0.15, -0.1) is 0 Å². The van der Waals surface area contributed by atoms with Gasteiger partial charge in [-0.05, 0) is 42.8 Å². The first-order chi connectivity index (χ1) is 18.2. The highest BCUT2D eigenvalue weighted by atomic mass is 19.4. The lowest BCUT2D eigenvalue weighted by atomic mass is 10.00. The minimum absolute atomic E-state index is 0.00120. The Kier molecular flexibility index (Phi) is 6.92. The number of fused-ring (bicyclic) bond motifs is 1. The molecule has 2 aromatic carbocycles. The summed E-state index contributed by atoms with van der Waals surface area (Å²) in [7, 11) is 0. The Labute approximate surface area is 218 Å². The predicted molar refractivity (Wildman–Crippen MR) is 139 cm³/mol. The van der Waals surface area contributed by atoms with Crippen molar-refractivity contribution >= 4 is 11.8 Å². The lowest BCUT2D eigenvalue weighted by Crippen LogP contribution is -2.56. The number of ether oxygens (including phenoxy) is 2. The van der Waals surface area contributed by atoms with E-state index < -0.39 is 23.8 Å². The Hall–Kier alpha value is -3.79. The molecule has 0 aliphatic carbocycles. The summed E-state index contributed by atoms with van der Waals surface area (Å²) in [5.41, 5.74) is -0.927. The average molecular weight is 527 g/mol. The molecule has 3 aromatic rings. The Balaban J connectivity index is 1.35. The molecule has 1 fully saturated rings. The number of aromatic nitrogens is 2. The van der Waals surface area contributed by atoms with Crippen molar-refractivity contribution < 1.29 is 22.6 Å². The summed E-state index contributed by atoms with van der Waals surface area (Å²) >= 11 is 0. The van der Waals surface area contributed by atoms with Crippen LogP contribution in [0.3, 0.4) is 0 Å². The first-order valence-corrected chi connectivity index (χ1v) is 12.4. The van der Waals surface area contributed by atoms with Crippen LogP contribution >= 0.6 is 0 Å². The molecule has 10 heteroatoms. The first-order valence-electron chi connectivity index (χ1n) is 12.4. The van der Waals surface area contributed by atoms with Gasteiger partial charge in [-0.3, -0.25) is 9.36 Å². The van der Waals surface area contributed by atoms with E-state index >= 15 is 0 Å². The molecule has 2 aliphatic heterocycles. The van der Waals surface area contributed by atoms with Gasteiger partial charge >= 0.3 is 6.18 Å². The van der Waals surface area contributed by atoms with Crippen molar-refractivity contribution in [1.82, 2.24) is 9.55 Å². The molecule has 0 bridgehead atoms. The third kappa shape index (κ3) is 5.26. The van der Waals surface area contributed by atoms with Gasteiger partial charge in [-0.1, -0.05) is 49.0 Å².